The van der Waals surface area contributed by atoms with Gasteiger partial charge in [-0.05, 0) is 32.0 Å². The number of nitrogen functional groups attached to an aromatic ring is 1. The number of hydrogen-bond donors (Lipinski definition) is 2. The third-order valence-electron chi connectivity index (χ3n) is 2.68. The number of benzene rings is 1. The normalized spacial score (nSPS) is 12.9. The Kier molecular flexibility index (Phi) is 3.29. The Bertz CT molecular complexity index is 553. The van der Waals surface area contributed by atoms with Gasteiger partial charge in [0.2, 0.25) is 0 Å². The first-order valence-electron chi connectivity index (χ1n) is 5.63. The van der Waals surface area contributed by atoms with Crippen LogP contribution in [0.2, 0.25) is 0 Å². The van der Waals surface area contributed by atoms with Crippen LogP contribution in [0.3, 0.4) is 0 Å². The van der Waals surface area contributed by atoms with Crippen molar-refractivity contribution in [2.75, 3.05) is 5.73 Å². The molecule has 0 aliphatic rings. The van der Waals surface area contributed by atoms with Crippen LogP contribution in [0.5, 0.6) is 0 Å². The summed E-state index contributed by atoms with van der Waals surface area (Å²) >= 11 is 0. The number of anilines is 1. The molecule has 2 rings (SSSR count). The first-order chi connectivity index (χ1) is 8.50. The van der Waals surface area contributed by atoms with E-state index in [1.54, 1.807) is 4.68 Å². The summed E-state index contributed by atoms with van der Waals surface area (Å²) in [5, 5.41) is 14.3. The fourth-order valence-electron chi connectivity index (χ4n) is 1.77. The molecule has 1 aromatic heterocycles. The lowest BCUT2D eigenvalue weighted by Crippen LogP contribution is -2.14. The standard InChI is InChI=1S/C12H15FN4O/c1-7(2)17-12(15-6-16-17)11(18)9-5-8(13)3-4-10(9)14/h3-7,11,18H,14H2,1-2H3. The number of rotatable bonds is 3. The zero-order chi connectivity index (χ0) is 13.3. The van der Waals surface area contributed by atoms with Crippen molar-refractivity contribution in [1.29, 1.82) is 0 Å². The van der Waals surface area contributed by atoms with E-state index in [1.807, 2.05) is 13.8 Å². The van der Waals surface area contributed by atoms with Gasteiger partial charge in [-0.3, -0.25) is 0 Å². The van der Waals surface area contributed by atoms with Gasteiger partial charge in [-0.1, -0.05) is 0 Å². The van der Waals surface area contributed by atoms with Gasteiger partial charge in [-0.2, -0.15) is 5.10 Å². The van der Waals surface area contributed by atoms with Crippen molar-refractivity contribution in [1.82, 2.24) is 14.8 Å². The van der Waals surface area contributed by atoms with Gasteiger partial charge in [0.05, 0.1) is 0 Å². The van der Waals surface area contributed by atoms with E-state index in [2.05, 4.69) is 10.1 Å². The minimum Gasteiger partial charge on any atom is -0.398 e. The molecule has 0 saturated heterocycles. The van der Waals surface area contributed by atoms with Crippen LogP contribution in [0.15, 0.2) is 24.5 Å². The van der Waals surface area contributed by atoms with Crippen molar-refractivity contribution in [3.8, 4) is 0 Å². The molecular formula is C12H15FN4O. The van der Waals surface area contributed by atoms with Gasteiger partial charge < -0.3 is 10.8 Å². The Hall–Kier alpha value is -1.95. The largest absolute Gasteiger partial charge is 0.398 e. The Morgan fingerprint density at radius 3 is 2.78 bits per heavy atom. The van der Waals surface area contributed by atoms with Crippen molar-refractivity contribution < 1.29 is 9.50 Å². The summed E-state index contributed by atoms with van der Waals surface area (Å²) in [7, 11) is 0. The molecule has 0 fully saturated rings. The Morgan fingerprint density at radius 2 is 2.11 bits per heavy atom. The zero-order valence-electron chi connectivity index (χ0n) is 10.2. The molecule has 1 aromatic carbocycles. The highest BCUT2D eigenvalue weighted by atomic mass is 19.1. The van der Waals surface area contributed by atoms with Crippen LogP contribution in [0.25, 0.3) is 0 Å². The first kappa shape index (κ1) is 12.5. The summed E-state index contributed by atoms with van der Waals surface area (Å²) in [6.07, 6.45) is 0.263. The summed E-state index contributed by atoms with van der Waals surface area (Å²) < 4.78 is 14.8. The van der Waals surface area contributed by atoms with Crippen molar-refractivity contribution in [2.24, 2.45) is 0 Å². The van der Waals surface area contributed by atoms with Crippen LogP contribution >= 0.6 is 0 Å². The van der Waals surface area contributed by atoms with E-state index < -0.39 is 11.9 Å². The summed E-state index contributed by atoms with van der Waals surface area (Å²) in [6, 6.07) is 3.93. The predicted octanol–water partition coefficient (Wildman–Crippen LogP) is 1.66. The smallest absolute Gasteiger partial charge is 0.160 e. The Morgan fingerprint density at radius 1 is 1.39 bits per heavy atom. The van der Waals surface area contributed by atoms with Crippen LogP contribution < -0.4 is 5.73 Å². The van der Waals surface area contributed by atoms with Crippen molar-refractivity contribution in [2.45, 2.75) is 26.0 Å². The maximum atomic E-state index is 13.2. The lowest BCUT2D eigenvalue weighted by atomic mass is 10.1. The molecule has 0 saturated carbocycles. The lowest BCUT2D eigenvalue weighted by Gasteiger charge is -2.16. The molecule has 96 valence electrons. The van der Waals surface area contributed by atoms with Gasteiger partial charge in [0.15, 0.2) is 5.82 Å². The fraction of sp³-hybridized carbons (Fsp3) is 0.333. The van der Waals surface area contributed by atoms with Gasteiger partial charge in [0.1, 0.15) is 18.2 Å². The van der Waals surface area contributed by atoms with E-state index in [9.17, 15) is 9.50 Å². The molecule has 6 heteroatoms. The third-order valence-corrected chi connectivity index (χ3v) is 2.68. The highest BCUT2D eigenvalue weighted by Crippen LogP contribution is 2.27. The molecule has 1 heterocycles. The van der Waals surface area contributed by atoms with Crippen LogP contribution in [0, 0.1) is 5.82 Å². The minimum atomic E-state index is -1.09. The molecule has 1 unspecified atom stereocenters. The van der Waals surface area contributed by atoms with Gasteiger partial charge in [0, 0.05) is 17.3 Å². The van der Waals surface area contributed by atoms with E-state index in [-0.39, 0.29) is 6.04 Å². The maximum absolute atomic E-state index is 13.2. The molecule has 0 spiro atoms. The fourth-order valence-corrected chi connectivity index (χ4v) is 1.77. The molecule has 0 radical (unpaired) electrons. The van der Waals surface area contributed by atoms with Crippen LogP contribution in [-0.4, -0.2) is 19.9 Å². The number of aliphatic hydroxyl groups is 1. The quantitative estimate of drug-likeness (QED) is 0.812. The second-order valence-corrected chi connectivity index (χ2v) is 4.33. The van der Waals surface area contributed by atoms with Gasteiger partial charge in [-0.15, -0.1) is 0 Å². The van der Waals surface area contributed by atoms with Gasteiger partial charge >= 0.3 is 0 Å². The first-order valence-corrected chi connectivity index (χ1v) is 5.63. The predicted molar refractivity (Wildman–Crippen MR) is 65.3 cm³/mol. The van der Waals surface area contributed by atoms with Crippen LogP contribution in [0.1, 0.15) is 37.4 Å². The molecule has 2 aromatic rings. The summed E-state index contributed by atoms with van der Waals surface area (Å²) in [4.78, 5) is 4.01. The third kappa shape index (κ3) is 2.19. The number of nitrogens with zero attached hydrogens (tertiary/aromatic N) is 3. The summed E-state index contributed by atoms with van der Waals surface area (Å²) in [5.41, 5.74) is 6.36. The van der Waals surface area contributed by atoms with E-state index in [1.165, 1.54) is 24.5 Å². The average molecular weight is 250 g/mol. The minimum absolute atomic E-state index is 0.0481. The molecule has 5 nitrogen and oxygen atoms in total. The van der Waals surface area contributed by atoms with E-state index in [0.717, 1.165) is 0 Å². The molecular weight excluding hydrogens is 235 g/mol. The monoisotopic (exact) mass is 250 g/mol. The molecule has 0 aliphatic carbocycles. The second-order valence-electron chi connectivity index (χ2n) is 4.33. The number of nitrogens with two attached hydrogens (primary N) is 1. The second kappa shape index (κ2) is 4.73. The number of aliphatic hydroxyl groups excluding tert-OH is 1. The van der Waals surface area contributed by atoms with Crippen LogP contribution in [-0.2, 0) is 0 Å². The number of aromatic nitrogens is 3. The topological polar surface area (TPSA) is 77.0 Å². The zero-order valence-corrected chi connectivity index (χ0v) is 10.2. The van der Waals surface area contributed by atoms with E-state index >= 15 is 0 Å². The lowest BCUT2D eigenvalue weighted by molar-refractivity contribution is 0.200. The van der Waals surface area contributed by atoms with Crippen molar-refractivity contribution in [3.63, 3.8) is 0 Å². The SMILES string of the molecule is CC(C)n1ncnc1C(O)c1cc(F)ccc1N. The maximum Gasteiger partial charge on any atom is 0.160 e. The molecule has 3 N–H and O–H groups in total. The summed E-state index contributed by atoms with van der Waals surface area (Å²) in [5.74, 6) is -0.101. The van der Waals surface area contributed by atoms with Crippen molar-refractivity contribution in [3.05, 3.63) is 41.7 Å². The Labute approximate surface area is 104 Å². The molecule has 0 aliphatic heterocycles. The average Bonchev–Trinajstić information content (AvgIpc) is 2.80. The van der Waals surface area contributed by atoms with Crippen LogP contribution in [0.4, 0.5) is 10.1 Å². The van der Waals surface area contributed by atoms with Crippen molar-refractivity contribution >= 4 is 5.69 Å². The highest BCUT2D eigenvalue weighted by Gasteiger charge is 2.21. The number of halogens is 1. The molecule has 1 atom stereocenters. The number of hydrogen-bond acceptors (Lipinski definition) is 4. The molecule has 0 bridgehead atoms. The molecule has 18 heavy (non-hydrogen) atoms. The Balaban J connectivity index is 2.44. The van der Waals surface area contributed by atoms with Gasteiger partial charge in [-0.25, -0.2) is 14.1 Å². The van der Waals surface area contributed by atoms with E-state index in [0.29, 0.717) is 17.1 Å². The molecule has 0 amide bonds. The summed E-state index contributed by atoms with van der Waals surface area (Å²) in [6.45, 7) is 3.83. The van der Waals surface area contributed by atoms with Gasteiger partial charge in [0.25, 0.3) is 0 Å². The highest BCUT2D eigenvalue weighted by molar-refractivity contribution is 5.49. The van der Waals surface area contributed by atoms with E-state index in [4.69, 9.17) is 5.73 Å².